The lowest BCUT2D eigenvalue weighted by atomic mass is 10.1. The van der Waals surface area contributed by atoms with Gasteiger partial charge < -0.3 is 9.64 Å². The number of carbonyl (C=O) groups is 1. The number of hydrogen-bond donors (Lipinski definition) is 0. The number of benzene rings is 1. The van der Waals surface area contributed by atoms with Crippen molar-refractivity contribution in [2.45, 2.75) is 12.5 Å². The second kappa shape index (κ2) is 6.50. The molecule has 0 radical (unpaired) electrons. The summed E-state index contributed by atoms with van der Waals surface area (Å²) in [5, 5.41) is 4.79. The standard InChI is InChI=1S/C16H18ClN3O2/c1-19-15(6-7-18-19)16(21)20-8-9-22-13(11-20)10-12-4-2-3-5-14(12)17/h2-7,13H,8-11H2,1H3/t13-/m0/s1. The molecule has 2 heterocycles. The van der Waals surface area contributed by atoms with E-state index in [0.29, 0.717) is 31.8 Å². The van der Waals surface area contributed by atoms with Gasteiger partial charge in [0.2, 0.25) is 0 Å². The van der Waals surface area contributed by atoms with E-state index in [1.54, 1.807) is 24.0 Å². The van der Waals surface area contributed by atoms with Crippen LogP contribution in [0.4, 0.5) is 0 Å². The van der Waals surface area contributed by atoms with Crippen LogP contribution in [0.5, 0.6) is 0 Å². The molecule has 1 aliphatic rings. The molecule has 1 saturated heterocycles. The minimum Gasteiger partial charge on any atom is -0.374 e. The molecule has 0 N–H and O–H groups in total. The van der Waals surface area contributed by atoms with Crippen molar-refractivity contribution in [2.75, 3.05) is 19.7 Å². The molecule has 3 rings (SSSR count). The predicted octanol–water partition coefficient (Wildman–Crippen LogP) is 2.16. The van der Waals surface area contributed by atoms with Crippen molar-refractivity contribution in [3.05, 3.63) is 52.8 Å². The minimum atomic E-state index is -0.0363. The first-order valence-corrected chi connectivity index (χ1v) is 7.65. The number of aromatic nitrogens is 2. The Labute approximate surface area is 134 Å². The highest BCUT2D eigenvalue weighted by Crippen LogP contribution is 2.20. The van der Waals surface area contributed by atoms with Gasteiger partial charge in [0.1, 0.15) is 5.69 Å². The summed E-state index contributed by atoms with van der Waals surface area (Å²) in [4.78, 5) is 14.4. The molecule has 0 bridgehead atoms. The van der Waals surface area contributed by atoms with Gasteiger partial charge in [0.25, 0.3) is 5.91 Å². The van der Waals surface area contributed by atoms with Gasteiger partial charge in [-0.1, -0.05) is 29.8 Å². The topological polar surface area (TPSA) is 47.4 Å². The van der Waals surface area contributed by atoms with Crippen LogP contribution in [0.15, 0.2) is 36.5 Å². The van der Waals surface area contributed by atoms with Crippen LogP contribution >= 0.6 is 11.6 Å². The van der Waals surface area contributed by atoms with Crippen molar-refractivity contribution in [3.63, 3.8) is 0 Å². The molecular formula is C16H18ClN3O2. The quantitative estimate of drug-likeness (QED) is 0.871. The molecule has 1 aromatic carbocycles. The third kappa shape index (κ3) is 3.15. The van der Waals surface area contributed by atoms with Crippen molar-refractivity contribution in [1.29, 1.82) is 0 Å². The van der Waals surface area contributed by atoms with E-state index in [9.17, 15) is 4.79 Å². The number of carbonyl (C=O) groups excluding carboxylic acids is 1. The molecule has 1 atom stereocenters. The van der Waals surface area contributed by atoms with Gasteiger partial charge in [-0.25, -0.2) is 0 Å². The number of hydrogen-bond acceptors (Lipinski definition) is 3. The SMILES string of the molecule is Cn1nccc1C(=O)N1CCO[C@@H](Cc2ccccc2Cl)C1. The summed E-state index contributed by atoms with van der Waals surface area (Å²) in [6.45, 7) is 1.71. The second-order valence-electron chi connectivity index (χ2n) is 5.38. The zero-order valence-corrected chi connectivity index (χ0v) is 13.2. The first-order chi connectivity index (χ1) is 10.6. The molecule has 1 amide bonds. The van der Waals surface area contributed by atoms with Crippen molar-refractivity contribution in [3.8, 4) is 0 Å². The van der Waals surface area contributed by atoms with E-state index < -0.39 is 0 Å². The Bertz CT molecular complexity index is 671. The molecule has 0 unspecified atom stereocenters. The van der Waals surface area contributed by atoms with Gasteiger partial charge in [0.15, 0.2) is 0 Å². The first-order valence-electron chi connectivity index (χ1n) is 7.27. The van der Waals surface area contributed by atoms with Gasteiger partial charge in [0, 0.05) is 37.8 Å². The lowest BCUT2D eigenvalue weighted by molar-refractivity contribution is -0.0211. The minimum absolute atomic E-state index is 0.00698. The molecule has 1 aromatic heterocycles. The lowest BCUT2D eigenvalue weighted by Gasteiger charge is -2.33. The van der Waals surface area contributed by atoms with E-state index in [4.69, 9.17) is 16.3 Å². The molecule has 1 fully saturated rings. The molecule has 0 aliphatic carbocycles. The molecule has 22 heavy (non-hydrogen) atoms. The fourth-order valence-corrected chi connectivity index (χ4v) is 2.90. The normalized spacial score (nSPS) is 18.5. The molecule has 0 saturated carbocycles. The average molecular weight is 320 g/mol. The van der Waals surface area contributed by atoms with Gasteiger partial charge in [-0.3, -0.25) is 9.48 Å². The van der Waals surface area contributed by atoms with Crippen molar-refractivity contribution in [1.82, 2.24) is 14.7 Å². The van der Waals surface area contributed by atoms with E-state index in [2.05, 4.69) is 5.10 Å². The number of rotatable bonds is 3. The molecule has 0 spiro atoms. The van der Waals surface area contributed by atoms with E-state index in [0.717, 1.165) is 10.6 Å². The van der Waals surface area contributed by atoms with Crippen molar-refractivity contribution >= 4 is 17.5 Å². The Hall–Kier alpha value is -1.85. The van der Waals surface area contributed by atoms with Crippen molar-refractivity contribution < 1.29 is 9.53 Å². The van der Waals surface area contributed by atoms with Gasteiger partial charge in [0.05, 0.1) is 12.7 Å². The lowest BCUT2D eigenvalue weighted by Crippen LogP contribution is -2.46. The Morgan fingerprint density at radius 1 is 1.41 bits per heavy atom. The monoisotopic (exact) mass is 319 g/mol. The zero-order valence-electron chi connectivity index (χ0n) is 12.4. The fourth-order valence-electron chi connectivity index (χ4n) is 2.68. The van der Waals surface area contributed by atoms with Gasteiger partial charge >= 0.3 is 0 Å². The Morgan fingerprint density at radius 3 is 2.95 bits per heavy atom. The van der Waals surface area contributed by atoms with Crippen LogP contribution in [0.2, 0.25) is 5.02 Å². The summed E-state index contributed by atoms with van der Waals surface area (Å²) in [5.41, 5.74) is 1.64. The van der Waals surface area contributed by atoms with E-state index in [1.165, 1.54) is 0 Å². The smallest absolute Gasteiger partial charge is 0.272 e. The summed E-state index contributed by atoms with van der Waals surface area (Å²) < 4.78 is 7.39. The number of amides is 1. The molecule has 2 aromatic rings. The fraction of sp³-hybridized carbons (Fsp3) is 0.375. The maximum Gasteiger partial charge on any atom is 0.272 e. The van der Waals surface area contributed by atoms with Crippen LogP contribution in [0.1, 0.15) is 16.1 Å². The highest BCUT2D eigenvalue weighted by atomic mass is 35.5. The van der Waals surface area contributed by atoms with Gasteiger partial charge in [-0.05, 0) is 17.7 Å². The number of ether oxygens (including phenoxy) is 1. The van der Waals surface area contributed by atoms with Crippen LogP contribution in [0, 0.1) is 0 Å². The van der Waals surface area contributed by atoms with Crippen LogP contribution in [0.3, 0.4) is 0 Å². The van der Waals surface area contributed by atoms with E-state index >= 15 is 0 Å². The summed E-state index contributed by atoms with van der Waals surface area (Å²) >= 11 is 6.20. The number of morpholine rings is 1. The van der Waals surface area contributed by atoms with Crippen LogP contribution < -0.4 is 0 Å². The molecule has 6 heteroatoms. The third-order valence-electron chi connectivity index (χ3n) is 3.87. The summed E-state index contributed by atoms with van der Waals surface area (Å²) in [6, 6.07) is 9.47. The zero-order chi connectivity index (χ0) is 15.5. The summed E-state index contributed by atoms with van der Waals surface area (Å²) in [6.07, 6.45) is 2.30. The maximum atomic E-state index is 12.5. The summed E-state index contributed by atoms with van der Waals surface area (Å²) in [5.74, 6) is -0.00698. The highest BCUT2D eigenvalue weighted by molar-refractivity contribution is 6.31. The number of nitrogens with zero attached hydrogens (tertiary/aromatic N) is 3. The predicted molar refractivity (Wildman–Crippen MR) is 84.0 cm³/mol. The molecule has 116 valence electrons. The highest BCUT2D eigenvalue weighted by Gasteiger charge is 2.26. The van der Waals surface area contributed by atoms with E-state index in [-0.39, 0.29) is 12.0 Å². The van der Waals surface area contributed by atoms with Crippen LogP contribution in [-0.2, 0) is 18.2 Å². The van der Waals surface area contributed by atoms with Crippen LogP contribution in [-0.4, -0.2) is 46.4 Å². The van der Waals surface area contributed by atoms with Crippen LogP contribution in [0.25, 0.3) is 0 Å². The largest absolute Gasteiger partial charge is 0.374 e. The van der Waals surface area contributed by atoms with Crippen molar-refractivity contribution in [2.24, 2.45) is 7.05 Å². The first kappa shape index (κ1) is 15.1. The molecule has 1 aliphatic heterocycles. The second-order valence-corrected chi connectivity index (χ2v) is 5.79. The number of halogens is 1. The van der Waals surface area contributed by atoms with Gasteiger partial charge in [-0.15, -0.1) is 0 Å². The third-order valence-corrected chi connectivity index (χ3v) is 4.24. The van der Waals surface area contributed by atoms with Gasteiger partial charge in [-0.2, -0.15) is 5.10 Å². The average Bonchev–Trinajstić information content (AvgIpc) is 2.95. The maximum absolute atomic E-state index is 12.5. The molecular weight excluding hydrogens is 302 g/mol. The van der Waals surface area contributed by atoms with E-state index in [1.807, 2.05) is 29.2 Å². The number of aryl methyl sites for hydroxylation is 1. The Balaban J connectivity index is 1.68. The Morgan fingerprint density at radius 2 is 2.23 bits per heavy atom. The Kier molecular flexibility index (Phi) is 4.45. The summed E-state index contributed by atoms with van der Waals surface area (Å²) in [7, 11) is 1.77. The molecule has 5 nitrogen and oxygen atoms in total.